The van der Waals surface area contributed by atoms with Crippen LogP contribution >= 0.6 is 0 Å². The van der Waals surface area contributed by atoms with Crippen molar-refractivity contribution >= 4 is 11.8 Å². The van der Waals surface area contributed by atoms with E-state index in [2.05, 4.69) is 0 Å². The highest BCUT2D eigenvalue weighted by Crippen LogP contribution is 2.19. The summed E-state index contributed by atoms with van der Waals surface area (Å²) in [6, 6.07) is 0.132. The first-order chi connectivity index (χ1) is 9.08. The summed E-state index contributed by atoms with van der Waals surface area (Å²) in [5.74, 6) is 0.607. The Kier molecular flexibility index (Phi) is 4.80. The molecule has 0 unspecified atom stereocenters. The number of rotatable bonds is 3. The van der Waals surface area contributed by atoms with Crippen molar-refractivity contribution in [3.8, 4) is 0 Å². The van der Waals surface area contributed by atoms with E-state index in [1.54, 1.807) is 4.90 Å². The molecule has 2 aliphatic heterocycles. The van der Waals surface area contributed by atoms with Gasteiger partial charge in [0.25, 0.3) is 0 Å². The van der Waals surface area contributed by atoms with Gasteiger partial charge in [-0.25, -0.2) is 0 Å². The number of hydrogen-bond donors (Lipinski definition) is 1. The molecule has 0 aliphatic carbocycles. The first-order valence-corrected chi connectivity index (χ1v) is 7.39. The first-order valence-electron chi connectivity index (χ1n) is 7.39. The Morgan fingerprint density at radius 3 is 2.84 bits per heavy atom. The molecule has 0 spiro atoms. The van der Waals surface area contributed by atoms with Crippen molar-refractivity contribution in [3.05, 3.63) is 0 Å². The van der Waals surface area contributed by atoms with Gasteiger partial charge in [0.1, 0.15) is 0 Å². The zero-order valence-corrected chi connectivity index (χ0v) is 11.8. The van der Waals surface area contributed by atoms with Crippen molar-refractivity contribution in [2.75, 3.05) is 26.2 Å². The van der Waals surface area contributed by atoms with E-state index in [0.29, 0.717) is 12.3 Å². The Labute approximate surface area is 115 Å². The molecule has 2 rings (SSSR count). The Hall–Kier alpha value is -1.10. The van der Waals surface area contributed by atoms with Crippen molar-refractivity contribution in [2.24, 2.45) is 11.7 Å². The zero-order valence-electron chi connectivity index (χ0n) is 11.8. The highest BCUT2D eigenvalue weighted by molar-refractivity contribution is 5.85. The minimum Gasteiger partial charge on any atom is -0.341 e. The van der Waals surface area contributed by atoms with Crippen molar-refractivity contribution in [2.45, 2.75) is 45.1 Å². The lowest BCUT2D eigenvalue weighted by Crippen LogP contribution is -2.49. The summed E-state index contributed by atoms with van der Waals surface area (Å²) in [5.41, 5.74) is 5.93. The molecule has 2 heterocycles. The number of hydrogen-bond acceptors (Lipinski definition) is 3. The fourth-order valence-corrected chi connectivity index (χ4v) is 2.96. The lowest BCUT2D eigenvalue weighted by Gasteiger charge is -2.36. The third-order valence-electron chi connectivity index (χ3n) is 4.30. The van der Waals surface area contributed by atoms with Crippen LogP contribution in [0, 0.1) is 5.92 Å². The molecule has 0 aromatic carbocycles. The fourth-order valence-electron chi connectivity index (χ4n) is 2.96. The summed E-state index contributed by atoms with van der Waals surface area (Å²) in [6.45, 7) is 4.55. The van der Waals surface area contributed by atoms with Crippen LogP contribution in [-0.4, -0.2) is 53.8 Å². The van der Waals surface area contributed by atoms with E-state index in [4.69, 9.17) is 5.73 Å². The largest absolute Gasteiger partial charge is 0.341 e. The van der Waals surface area contributed by atoms with Gasteiger partial charge in [0, 0.05) is 32.1 Å². The van der Waals surface area contributed by atoms with Gasteiger partial charge in [0.15, 0.2) is 0 Å². The monoisotopic (exact) mass is 267 g/mol. The average molecular weight is 267 g/mol. The van der Waals surface area contributed by atoms with E-state index in [9.17, 15) is 9.59 Å². The number of nitrogens with two attached hydrogens (primary N) is 1. The van der Waals surface area contributed by atoms with Gasteiger partial charge < -0.3 is 15.5 Å². The number of likely N-dealkylation sites (tertiary alicyclic amines) is 2. The molecule has 0 aromatic rings. The number of carbonyl (C=O) groups excluding carboxylic acids is 2. The van der Waals surface area contributed by atoms with Crippen LogP contribution in [0.3, 0.4) is 0 Å². The van der Waals surface area contributed by atoms with E-state index < -0.39 is 0 Å². The molecule has 2 amide bonds. The summed E-state index contributed by atoms with van der Waals surface area (Å²) >= 11 is 0. The van der Waals surface area contributed by atoms with Crippen LogP contribution in [0.5, 0.6) is 0 Å². The van der Waals surface area contributed by atoms with Gasteiger partial charge in [-0.05, 0) is 38.5 Å². The van der Waals surface area contributed by atoms with Crippen LogP contribution in [0.2, 0.25) is 0 Å². The third-order valence-corrected chi connectivity index (χ3v) is 4.30. The summed E-state index contributed by atoms with van der Waals surface area (Å²) in [5, 5.41) is 0. The minimum atomic E-state index is 0.0839. The topological polar surface area (TPSA) is 66.6 Å². The van der Waals surface area contributed by atoms with Crippen LogP contribution < -0.4 is 5.73 Å². The van der Waals surface area contributed by atoms with Gasteiger partial charge in [-0.15, -0.1) is 0 Å². The number of piperidine rings is 2. The molecule has 5 heteroatoms. The predicted molar refractivity (Wildman–Crippen MR) is 73.4 cm³/mol. The highest BCUT2D eigenvalue weighted by atomic mass is 16.2. The van der Waals surface area contributed by atoms with Crippen molar-refractivity contribution in [1.82, 2.24) is 9.80 Å². The Morgan fingerprint density at radius 2 is 2.16 bits per heavy atom. The summed E-state index contributed by atoms with van der Waals surface area (Å²) in [7, 11) is 0. The van der Waals surface area contributed by atoms with Gasteiger partial charge in [-0.1, -0.05) is 0 Å². The summed E-state index contributed by atoms with van der Waals surface area (Å²) in [6.07, 6.45) is 4.69. The normalized spacial score (nSPS) is 26.4. The molecule has 0 saturated carbocycles. The smallest absolute Gasteiger partial charge is 0.242 e. The Balaban J connectivity index is 1.86. The zero-order chi connectivity index (χ0) is 13.8. The molecule has 2 aliphatic rings. The molecule has 19 heavy (non-hydrogen) atoms. The van der Waals surface area contributed by atoms with Crippen LogP contribution in [0.4, 0.5) is 0 Å². The van der Waals surface area contributed by atoms with Crippen molar-refractivity contribution < 1.29 is 9.59 Å². The maximum absolute atomic E-state index is 12.3. The summed E-state index contributed by atoms with van der Waals surface area (Å²) < 4.78 is 0. The fraction of sp³-hybridized carbons (Fsp3) is 0.857. The van der Waals surface area contributed by atoms with Gasteiger partial charge >= 0.3 is 0 Å². The molecule has 2 N–H and O–H groups in total. The van der Waals surface area contributed by atoms with Crippen LogP contribution in [0.25, 0.3) is 0 Å². The molecule has 2 saturated heterocycles. The molecule has 0 aromatic heterocycles. The van der Waals surface area contributed by atoms with Crippen molar-refractivity contribution in [1.29, 1.82) is 0 Å². The van der Waals surface area contributed by atoms with Crippen molar-refractivity contribution in [3.63, 3.8) is 0 Å². The Morgan fingerprint density at radius 1 is 1.37 bits per heavy atom. The van der Waals surface area contributed by atoms with Gasteiger partial charge in [-0.3, -0.25) is 9.59 Å². The second-order valence-electron chi connectivity index (χ2n) is 5.87. The highest BCUT2D eigenvalue weighted by Gasteiger charge is 2.28. The lowest BCUT2D eigenvalue weighted by molar-refractivity contribution is -0.142. The minimum absolute atomic E-state index is 0.0839. The second-order valence-corrected chi connectivity index (χ2v) is 5.87. The Bertz CT molecular complexity index is 344. The molecule has 5 nitrogen and oxygen atoms in total. The molecule has 2 atom stereocenters. The molecule has 0 bridgehead atoms. The van der Waals surface area contributed by atoms with Crippen LogP contribution in [-0.2, 0) is 9.59 Å². The van der Waals surface area contributed by atoms with Gasteiger partial charge in [0.05, 0.1) is 6.54 Å². The SMILES string of the molecule is C[C@H](N)[C@H]1CCCN(C(=O)CN2CCCCC2=O)C1. The number of carbonyl (C=O) groups is 2. The quantitative estimate of drug-likeness (QED) is 0.813. The number of amides is 2. The number of nitrogens with zero attached hydrogens (tertiary/aromatic N) is 2. The molecule has 0 radical (unpaired) electrons. The molecule has 2 fully saturated rings. The third kappa shape index (κ3) is 3.69. The van der Waals surface area contributed by atoms with E-state index >= 15 is 0 Å². The lowest BCUT2D eigenvalue weighted by atomic mass is 9.92. The predicted octanol–water partition coefficient (Wildman–Crippen LogP) is 0.585. The second kappa shape index (κ2) is 6.37. The van der Waals surface area contributed by atoms with Gasteiger partial charge in [-0.2, -0.15) is 0 Å². The maximum atomic E-state index is 12.3. The summed E-state index contributed by atoms with van der Waals surface area (Å²) in [4.78, 5) is 27.6. The van der Waals surface area contributed by atoms with E-state index in [1.165, 1.54) is 0 Å². The van der Waals surface area contributed by atoms with Gasteiger partial charge in [0.2, 0.25) is 11.8 Å². The maximum Gasteiger partial charge on any atom is 0.242 e. The molecule has 108 valence electrons. The van der Waals surface area contributed by atoms with E-state index in [-0.39, 0.29) is 24.4 Å². The molecular weight excluding hydrogens is 242 g/mol. The standard InChI is InChI=1S/C14H25N3O2/c1-11(15)12-5-4-8-16(9-12)14(19)10-17-7-3-2-6-13(17)18/h11-12H,2-10,15H2,1H3/t11-,12-/m0/s1. The van der Waals surface area contributed by atoms with Crippen LogP contribution in [0.15, 0.2) is 0 Å². The van der Waals surface area contributed by atoms with Crippen LogP contribution in [0.1, 0.15) is 39.0 Å². The van der Waals surface area contributed by atoms with E-state index in [1.807, 2.05) is 11.8 Å². The van der Waals surface area contributed by atoms with E-state index in [0.717, 1.165) is 45.3 Å². The average Bonchev–Trinajstić information content (AvgIpc) is 2.41. The first kappa shape index (κ1) is 14.3. The molecular formula is C14H25N3O2.